The molecule has 3 rings (SSSR count). The van der Waals surface area contributed by atoms with Gasteiger partial charge in [0.2, 0.25) is 0 Å². The number of anilines is 2. The first-order chi connectivity index (χ1) is 17.7. The van der Waals surface area contributed by atoms with Gasteiger partial charge in [-0.3, -0.25) is 5.84 Å². The molecule has 0 aliphatic carbocycles. The second-order valence-electron chi connectivity index (χ2n) is 6.58. The number of aromatic nitrogens is 2. The molecule has 5 N–H and O–H groups in total. The number of hydrogen-bond acceptors (Lipinski definition) is 10. The number of nitrogens with one attached hydrogen (secondary N) is 1. The van der Waals surface area contributed by atoms with E-state index >= 15 is 0 Å². The summed E-state index contributed by atoms with van der Waals surface area (Å²) in [6.45, 7) is 3.77. The molecular formula is C24H26Br2ClKN6O5. The van der Waals surface area contributed by atoms with E-state index in [0.29, 0.717) is 18.5 Å². The maximum Gasteiger partial charge on any atom is 1.00 e. The van der Waals surface area contributed by atoms with Crippen LogP contribution < -0.4 is 73.5 Å². The summed E-state index contributed by atoms with van der Waals surface area (Å²) in [7, 11) is 0. The molecule has 0 aliphatic rings. The molecule has 0 saturated carbocycles. The van der Waals surface area contributed by atoms with Gasteiger partial charge in [0.1, 0.15) is 5.82 Å². The van der Waals surface area contributed by atoms with Crippen LogP contribution in [0.1, 0.15) is 24.3 Å². The van der Waals surface area contributed by atoms with E-state index in [1.54, 1.807) is 13.8 Å². The van der Waals surface area contributed by atoms with Crippen molar-refractivity contribution in [1.29, 1.82) is 5.26 Å². The van der Waals surface area contributed by atoms with Crippen molar-refractivity contribution in [2.24, 2.45) is 5.84 Å². The summed E-state index contributed by atoms with van der Waals surface area (Å²) < 4.78 is 12.6. The van der Waals surface area contributed by atoms with Crippen molar-refractivity contribution in [1.82, 2.24) is 9.78 Å². The van der Waals surface area contributed by atoms with Crippen molar-refractivity contribution in [2.75, 3.05) is 24.4 Å². The molecule has 0 radical (unpaired) electrons. The molecule has 0 aliphatic heterocycles. The number of nitriles is 1. The molecule has 0 amide bonds. The summed E-state index contributed by atoms with van der Waals surface area (Å²) in [6, 6.07) is 18.1. The standard InChI is InChI=1S/C12H12BrN3O2.C6H7BrN2.C6H7NO3.ClH.K/c1-2-18-12(17)10-7-11(14)16(15-10)9-5-3-4-8(13)6-9;7-5-2-1-3-6(4-5)9-8;1-2-10-6(9)5(8)3-4-7;;/h3-7H,2,14H2,1H3;1-4,9H,8H2;3,8H,2H2,1H3;1H;/q;;;;+1/p-1/b;;5-3-;;. The van der Waals surface area contributed by atoms with Crippen LogP contribution in [-0.4, -0.2) is 34.9 Å². The zero-order valence-electron chi connectivity index (χ0n) is 21.4. The Morgan fingerprint density at radius 3 is 2.18 bits per heavy atom. The van der Waals surface area contributed by atoms with Crippen molar-refractivity contribution in [3.8, 4) is 11.8 Å². The molecule has 204 valence electrons. The molecule has 39 heavy (non-hydrogen) atoms. The van der Waals surface area contributed by atoms with Crippen LogP contribution in [0.5, 0.6) is 0 Å². The number of rotatable bonds is 6. The quantitative estimate of drug-likeness (QED) is 0.0631. The molecule has 0 fully saturated rings. The molecule has 1 heterocycles. The summed E-state index contributed by atoms with van der Waals surface area (Å²) in [5.41, 5.74) is 10.3. The fourth-order valence-corrected chi connectivity index (χ4v) is 3.20. The first-order valence-corrected chi connectivity index (χ1v) is 12.2. The Labute approximate surface area is 292 Å². The van der Waals surface area contributed by atoms with E-state index in [4.69, 9.17) is 21.6 Å². The van der Waals surface area contributed by atoms with Gasteiger partial charge in [-0.05, 0) is 56.0 Å². The van der Waals surface area contributed by atoms with E-state index in [1.165, 1.54) is 16.8 Å². The predicted molar refractivity (Wildman–Crippen MR) is 151 cm³/mol. The summed E-state index contributed by atoms with van der Waals surface area (Å²) in [5, 5.41) is 22.4. The molecule has 0 atom stereocenters. The molecule has 0 saturated heterocycles. The van der Waals surface area contributed by atoms with Gasteiger partial charge in [0, 0.05) is 26.8 Å². The minimum absolute atomic E-state index is 0. The second-order valence-corrected chi connectivity index (χ2v) is 8.41. The Balaban J connectivity index is 0. The maximum absolute atomic E-state index is 11.5. The third-order valence-electron chi connectivity index (χ3n) is 3.94. The van der Waals surface area contributed by atoms with E-state index in [9.17, 15) is 14.7 Å². The number of ether oxygens (including phenoxy) is 2. The van der Waals surface area contributed by atoms with Crippen LogP contribution in [0.15, 0.2) is 75.4 Å². The minimum atomic E-state index is -0.982. The Morgan fingerprint density at radius 2 is 1.69 bits per heavy atom. The smallest absolute Gasteiger partial charge is 0.867 e. The molecule has 0 unspecified atom stereocenters. The van der Waals surface area contributed by atoms with Crippen molar-refractivity contribution in [3.05, 3.63) is 81.1 Å². The Morgan fingerprint density at radius 1 is 1.10 bits per heavy atom. The number of esters is 2. The Kier molecular flexibility index (Phi) is 22.0. The molecule has 11 nitrogen and oxygen atoms in total. The number of nitrogen functional groups attached to an aromatic ring is 2. The van der Waals surface area contributed by atoms with Crippen molar-refractivity contribution < 1.29 is 75.6 Å². The number of hydrogen-bond donors (Lipinski definition) is 3. The van der Waals surface area contributed by atoms with Crippen molar-refractivity contribution in [2.45, 2.75) is 13.8 Å². The number of hydrazine groups is 1. The molecular weight excluding hydrogens is 687 g/mol. The van der Waals surface area contributed by atoms with E-state index in [-0.39, 0.29) is 76.1 Å². The van der Waals surface area contributed by atoms with Crippen LogP contribution >= 0.6 is 44.3 Å². The van der Waals surface area contributed by atoms with E-state index in [1.807, 2.05) is 48.5 Å². The predicted octanol–water partition coefficient (Wildman–Crippen LogP) is 0.871. The summed E-state index contributed by atoms with van der Waals surface area (Å²) in [6.07, 6.45) is 0.609. The van der Waals surface area contributed by atoms with Crippen LogP contribution in [0, 0.1) is 11.3 Å². The number of nitrogens with zero attached hydrogens (tertiary/aromatic N) is 3. The SMILES string of the molecule is CCOC(=O)/C([O-])=C/C#N.CCOC(=O)c1cc(N)n(-c2cccc(Br)c2)n1.Cl.NNc1cccc(Br)c1.[K+]. The van der Waals surface area contributed by atoms with Crippen LogP contribution in [0.3, 0.4) is 0 Å². The fourth-order valence-electron chi connectivity index (χ4n) is 2.41. The first kappa shape index (κ1) is 39.2. The van der Waals surface area contributed by atoms with Gasteiger partial charge >= 0.3 is 63.3 Å². The maximum atomic E-state index is 11.5. The Bertz CT molecular complexity index is 1270. The molecule has 2 aromatic carbocycles. The Hall–Kier alpha value is -1.93. The first-order valence-electron chi connectivity index (χ1n) is 10.6. The third-order valence-corrected chi connectivity index (χ3v) is 4.92. The summed E-state index contributed by atoms with van der Waals surface area (Å²) in [5.74, 6) is 3.16. The summed E-state index contributed by atoms with van der Waals surface area (Å²) >= 11 is 6.68. The van der Waals surface area contributed by atoms with Gasteiger partial charge in [-0.15, -0.1) is 12.4 Å². The molecule has 0 spiro atoms. The monoisotopic (exact) mass is 710 g/mol. The van der Waals surface area contributed by atoms with E-state index in [2.05, 4.69) is 47.1 Å². The van der Waals surface area contributed by atoms with E-state index in [0.717, 1.165) is 20.3 Å². The van der Waals surface area contributed by atoms with Crippen LogP contribution in [0.25, 0.3) is 5.69 Å². The van der Waals surface area contributed by atoms with E-state index < -0.39 is 17.7 Å². The normalized spacial score (nSPS) is 9.49. The molecule has 0 bridgehead atoms. The van der Waals surface area contributed by atoms with Gasteiger partial charge in [0.05, 0.1) is 25.0 Å². The molecule has 3 aromatic rings. The second kappa shape index (κ2) is 21.8. The largest absolute Gasteiger partial charge is 1.00 e. The number of carbonyl (C=O) groups excluding carboxylic acids is 2. The van der Waals surface area contributed by atoms with Gasteiger partial charge < -0.3 is 25.7 Å². The number of nitrogens with two attached hydrogens (primary N) is 2. The minimum Gasteiger partial charge on any atom is -0.867 e. The van der Waals surface area contributed by atoms with Crippen LogP contribution in [0.4, 0.5) is 11.5 Å². The third kappa shape index (κ3) is 14.9. The number of halogens is 3. The zero-order chi connectivity index (χ0) is 27.8. The van der Waals surface area contributed by atoms with Crippen LogP contribution in [-0.2, 0) is 14.3 Å². The molecule has 15 heteroatoms. The summed E-state index contributed by atoms with van der Waals surface area (Å²) in [4.78, 5) is 21.9. The average Bonchev–Trinajstić information content (AvgIpc) is 3.27. The topological polar surface area (TPSA) is 181 Å². The van der Waals surface area contributed by atoms with Crippen molar-refractivity contribution >= 4 is 67.7 Å². The fraction of sp³-hybridized carbons (Fsp3) is 0.167. The van der Waals surface area contributed by atoms with Gasteiger partial charge in [-0.2, -0.15) is 10.4 Å². The number of allylic oxidation sites excluding steroid dienone is 1. The number of carbonyl (C=O) groups is 2. The number of benzene rings is 2. The zero-order valence-corrected chi connectivity index (χ0v) is 28.5. The van der Waals surface area contributed by atoms with Gasteiger partial charge in [-0.25, -0.2) is 14.3 Å². The van der Waals surface area contributed by atoms with Gasteiger partial charge in [-0.1, -0.05) is 44.0 Å². The van der Waals surface area contributed by atoms with Crippen LogP contribution in [0.2, 0.25) is 0 Å². The van der Waals surface area contributed by atoms with Crippen molar-refractivity contribution in [3.63, 3.8) is 0 Å². The average molecular weight is 713 g/mol. The van der Waals surface area contributed by atoms with Gasteiger partial charge in [0.15, 0.2) is 5.69 Å². The van der Waals surface area contributed by atoms with Gasteiger partial charge in [0.25, 0.3) is 0 Å². The molecule has 1 aromatic heterocycles.